The van der Waals surface area contributed by atoms with Gasteiger partial charge in [0.2, 0.25) is 0 Å². The molecule has 28 heavy (non-hydrogen) atoms. The molecule has 7 heteroatoms. The highest BCUT2D eigenvalue weighted by molar-refractivity contribution is 6.06. The molecule has 2 aromatic carbocycles. The first-order valence-corrected chi connectivity index (χ1v) is 9.43. The summed E-state index contributed by atoms with van der Waals surface area (Å²) in [6, 6.07) is 14.0. The minimum absolute atomic E-state index is 0.00107. The van der Waals surface area contributed by atoms with Crippen molar-refractivity contribution in [3.05, 3.63) is 64.3 Å². The van der Waals surface area contributed by atoms with Gasteiger partial charge >= 0.3 is 0 Å². The van der Waals surface area contributed by atoms with E-state index in [0.717, 1.165) is 19.0 Å². The van der Waals surface area contributed by atoms with E-state index in [1.807, 2.05) is 24.3 Å². The topological polar surface area (TPSA) is 91.3 Å². The van der Waals surface area contributed by atoms with Gasteiger partial charge in [0.1, 0.15) is 5.69 Å². The summed E-state index contributed by atoms with van der Waals surface area (Å²) in [7, 11) is 0. The van der Waals surface area contributed by atoms with Gasteiger partial charge < -0.3 is 15.2 Å². The number of aromatic nitrogens is 1. The maximum atomic E-state index is 12.5. The largest absolute Gasteiger partial charge is 0.372 e. The molecule has 0 aliphatic carbocycles. The zero-order valence-electron chi connectivity index (χ0n) is 15.6. The lowest BCUT2D eigenvalue weighted by Gasteiger charge is -2.32. The van der Waals surface area contributed by atoms with Crippen LogP contribution in [0.3, 0.4) is 0 Å². The zero-order valence-corrected chi connectivity index (χ0v) is 15.6. The number of anilines is 2. The molecular weight excluding hydrogens is 356 g/mol. The van der Waals surface area contributed by atoms with Crippen LogP contribution in [0.4, 0.5) is 17.1 Å². The van der Waals surface area contributed by atoms with E-state index in [2.05, 4.69) is 22.1 Å². The summed E-state index contributed by atoms with van der Waals surface area (Å²) in [5, 5.41) is 14.4. The van der Waals surface area contributed by atoms with Crippen molar-refractivity contribution in [3.63, 3.8) is 0 Å². The van der Waals surface area contributed by atoms with E-state index in [0.29, 0.717) is 22.3 Å². The summed E-state index contributed by atoms with van der Waals surface area (Å²) in [5.74, 6) is 0.506. The van der Waals surface area contributed by atoms with Gasteiger partial charge in [-0.25, -0.2) is 0 Å². The fourth-order valence-electron chi connectivity index (χ4n) is 3.58. The molecule has 0 unspecified atom stereocenters. The third-order valence-corrected chi connectivity index (χ3v) is 5.33. The molecule has 0 saturated carbocycles. The van der Waals surface area contributed by atoms with Crippen LogP contribution < -0.4 is 10.2 Å². The molecule has 1 fully saturated rings. The summed E-state index contributed by atoms with van der Waals surface area (Å²) >= 11 is 0. The van der Waals surface area contributed by atoms with E-state index >= 15 is 0 Å². The van der Waals surface area contributed by atoms with Crippen LogP contribution in [0.15, 0.2) is 48.5 Å². The van der Waals surface area contributed by atoms with E-state index in [4.69, 9.17) is 0 Å². The second kappa shape index (κ2) is 7.34. The second-order valence-electron chi connectivity index (χ2n) is 7.38. The Hall–Kier alpha value is -3.35. The van der Waals surface area contributed by atoms with Crippen LogP contribution in [-0.2, 0) is 0 Å². The van der Waals surface area contributed by atoms with Gasteiger partial charge in [0.05, 0.1) is 4.92 Å². The lowest BCUT2D eigenvalue weighted by Crippen LogP contribution is -2.32. The number of nitrogens with zero attached hydrogens (tertiary/aromatic N) is 2. The predicted molar refractivity (Wildman–Crippen MR) is 110 cm³/mol. The van der Waals surface area contributed by atoms with Crippen molar-refractivity contribution in [1.82, 2.24) is 4.98 Å². The monoisotopic (exact) mass is 378 g/mol. The normalized spacial score (nSPS) is 15.0. The smallest absolute Gasteiger partial charge is 0.272 e. The number of fused-ring (bicyclic) bond motifs is 1. The van der Waals surface area contributed by atoms with E-state index < -0.39 is 4.92 Å². The number of nitro benzene ring substituents is 1. The Kier molecular flexibility index (Phi) is 4.73. The maximum Gasteiger partial charge on any atom is 0.272 e. The lowest BCUT2D eigenvalue weighted by atomic mass is 9.99. The number of carbonyl (C=O) groups is 1. The van der Waals surface area contributed by atoms with Crippen LogP contribution in [-0.4, -0.2) is 28.9 Å². The number of piperidine rings is 1. The van der Waals surface area contributed by atoms with Crippen molar-refractivity contribution < 1.29 is 9.72 Å². The molecule has 7 nitrogen and oxygen atoms in total. The standard InChI is InChI=1S/C21H22N4O3/c1-14-8-10-24(11-9-14)17-4-2-16(3-5-17)22-21(26)20-13-15-12-18(25(27)28)6-7-19(15)23-20/h2-7,12-14,23H,8-11H2,1H3,(H,22,26). The van der Waals surface area contributed by atoms with Crippen molar-refractivity contribution in [2.45, 2.75) is 19.8 Å². The molecule has 0 spiro atoms. The van der Waals surface area contributed by atoms with Crippen LogP contribution in [0, 0.1) is 16.0 Å². The SMILES string of the molecule is CC1CCN(c2ccc(NC(=O)c3cc4cc([N+](=O)[O-])ccc4[nH]3)cc2)CC1. The molecule has 1 aliphatic heterocycles. The molecular formula is C21H22N4O3. The number of nitrogens with one attached hydrogen (secondary N) is 2. The minimum atomic E-state index is -0.448. The predicted octanol–water partition coefficient (Wildman–Crippen LogP) is 4.56. The van der Waals surface area contributed by atoms with Crippen molar-refractivity contribution in [2.24, 2.45) is 5.92 Å². The second-order valence-corrected chi connectivity index (χ2v) is 7.38. The average Bonchev–Trinajstić information content (AvgIpc) is 3.13. The van der Waals surface area contributed by atoms with Gasteiger partial charge in [-0.1, -0.05) is 6.92 Å². The molecule has 1 amide bonds. The Morgan fingerprint density at radius 2 is 1.86 bits per heavy atom. The van der Waals surface area contributed by atoms with E-state index in [-0.39, 0.29) is 11.6 Å². The first kappa shape index (κ1) is 18.0. The van der Waals surface area contributed by atoms with Crippen molar-refractivity contribution in [1.29, 1.82) is 0 Å². The summed E-state index contributed by atoms with van der Waals surface area (Å²) in [5.41, 5.74) is 2.93. The molecule has 2 N–H and O–H groups in total. The Morgan fingerprint density at radius 3 is 2.54 bits per heavy atom. The molecule has 3 aromatic rings. The molecule has 2 heterocycles. The molecule has 0 atom stereocenters. The summed E-state index contributed by atoms with van der Waals surface area (Å²) in [6.45, 7) is 4.42. The number of non-ortho nitro benzene ring substituents is 1. The molecule has 1 aromatic heterocycles. The molecule has 1 aliphatic rings. The highest BCUT2D eigenvalue weighted by Crippen LogP contribution is 2.25. The van der Waals surface area contributed by atoms with E-state index in [9.17, 15) is 14.9 Å². The van der Waals surface area contributed by atoms with Gasteiger partial charge in [0, 0.05) is 47.5 Å². The average molecular weight is 378 g/mol. The van der Waals surface area contributed by atoms with Crippen LogP contribution in [0.1, 0.15) is 30.3 Å². The number of amides is 1. The van der Waals surface area contributed by atoms with Gasteiger partial charge in [0.15, 0.2) is 0 Å². The van der Waals surface area contributed by atoms with Crippen LogP contribution >= 0.6 is 0 Å². The van der Waals surface area contributed by atoms with Gasteiger partial charge in [-0.05, 0) is 55.2 Å². The van der Waals surface area contributed by atoms with Gasteiger partial charge in [-0.2, -0.15) is 0 Å². The van der Waals surface area contributed by atoms with Crippen LogP contribution in [0.25, 0.3) is 10.9 Å². The molecule has 144 valence electrons. The highest BCUT2D eigenvalue weighted by Gasteiger charge is 2.16. The van der Waals surface area contributed by atoms with E-state index in [1.165, 1.54) is 30.7 Å². The number of H-pyrrole nitrogens is 1. The van der Waals surface area contributed by atoms with Gasteiger partial charge in [-0.15, -0.1) is 0 Å². The number of hydrogen-bond donors (Lipinski definition) is 2. The van der Waals surface area contributed by atoms with Crippen LogP contribution in [0.2, 0.25) is 0 Å². The number of nitro groups is 1. The fourth-order valence-corrected chi connectivity index (χ4v) is 3.58. The quantitative estimate of drug-likeness (QED) is 0.514. The number of carbonyl (C=O) groups excluding carboxylic acids is 1. The fraction of sp³-hybridized carbons (Fsp3) is 0.286. The Morgan fingerprint density at radius 1 is 1.14 bits per heavy atom. The van der Waals surface area contributed by atoms with Gasteiger partial charge in [-0.3, -0.25) is 14.9 Å². The summed E-state index contributed by atoms with van der Waals surface area (Å²) < 4.78 is 0. The Balaban J connectivity index is 1.46. The maximum absolute atomic E-state index is 12.5. The molecule has 4 rings (SSSR count). The van der Waals surface area contributed by atoms with Crippen molar-refractivity contribution in [3.8, 4) is 0 Å². The lowest BCUT2D eigenvalue weighted by molar-refractivity contribution is -0.384. The molecule has 0 radical (unpaired) electrons. The number of benzene rings is 2. The number of hydrogen-bond acceptors (Lipinski definition) is 4. The molecule has 1 saturated heterocycles. The third kappa shape index (κ3) is 3.69. The number of aromatic amines is 1. The first-order valence-electron chi connectivity index (χ1n) is 9.43. The zero-order chi connectivity index (χ0) is 19.7. The summed E-state index contributed by atoms with van der Waals surface area (Å²) in [6.07, 6.45) is 2.41. The number of rotatable bonds is 4. The van der Waals surface area contributed by atoms with Gasteiger partial charge in [0.25, 0.3) is 11.6 Å². The Bertz CT molecular complexity index is 1020. The summed E-state index contributed by atoms with van der Waals surface area (Å²) in [4.78, 5) is 28.4. The highest BCUT2D eigenvalue weighted by atomic mass is 16.6. The van der Waals surface area contributed by atoms with E-state index in [1.54, 1.807) is 12.1 Å². The van der Waals surface area contributed by atoms with Crippen molar-refractivity contribution in [2.75, 3.05) is 23.3 Å². The van der Waals surface area contributed by atoms with Crippen molar-refractivity contribution >= 4 is 33.9 Å². The first-order chi connectivity index (χ1) is 13.5. The Labute approximate surface area is 162 Å². The third-order valence-electron chi connectivity index (χ3n) is 5.33. The minimum Gasteiger partial charge on any atom is -0.372 e. The van der Waals surface area contributed by atoms with Crippen LogP contribution in [0.5, 0.6) is 0 Å². The molecule has 0 bridgehead atoms.